The molecule has 0 saturated heterocycles. The average Bonchev–Trinajstić information content (AvgIpc) is 3.24. The summed E-state index contributed by atoms with van der Waals surface area (Å²) in [6.45, 7) is 36.3. The van der Waals surface area contributed by atoms with E-state index in [9.17, 15) is 20.4 Å². The molecule has 0 spiro atoms. The molecule has 0 radical (unpaired) electrons. The zero-order valence-electron chi connectivity index (χ0n) is 44.3. The Morgan fingerprint density at radius 3 is 0.576 bits per heavy atom. The van der Waals surface area contributed by atoms with Gasteiger partial charge in [-0.15, -0.1) is 0 Å². The monoisotopic (exact) mass is 905 g/mol. The van der Waals surface area contributed by atoms with Crippen molar-refractivity contribution in [3.8, 4) is 23.0 Å². The molecular weight excluding hydrogens is 813 g/mol. The SMILES string of the molecule is CC(C)c1cc(CCC(CCc2cc(C(C)C)c(O)c(C(C)C)c2)NCCNC(CCc2cc(C(C)C)c(O)c(C(C)C)c2)CCc2cc(C(C)C)c(O)c(C(C)C)c2)cc(C(C)C)c1O. The highest BCUT2D eigenvalue weighted by Crippen LogP contribution is 2.39. The summed E-state index contributed by atoms with van der Waals surface area (Å²) in [6.07, 6.45) is 7.59. The van der Waals surface area contributed by atoms with Crippen LogP contribution in [-0.2, 0) is 25.7 Å². The van der Waals surface area contributed by atoms with Crippen molar-refractivity contribution in [2.75, 3.05) is 13.1 Å². The molecule has 0 amide bonds. The van der Waals surface area contributed by atoms with Crippen molar-refractivity contribution in [3.63, 3.8) is 0 Å². The van der Waals surface area contributed by atoms with Gasteiger partial charge in [-0.1, -0.05) is 159 Å². The van der Waals surface area contributed by atoms with E-state index in [1.165, 1.54) is 22.3 Å². The Morgan fingerprint density at radius 2 is 0.439 bits per heavy atom. The van der Waals surface area contributed by atoms with Crippen molar-refractivity contribution in [1.29, 1.82) is 0 Å². The minimum Gasteiger partial charge on any atom is -0.507 e. The van der Waals surface area contributed by atoms with Crippen molar-refractivity contribution >= 4 is 0 Å². The molecule has 4 rings (SSSR count). The fourth-order valence-electron chi connectivity index (χ4n) is 9.69. The predicted octanol–water partition coefficient (Wildman–Crippen LogP) is 15.2. The molecule has 6 N–H and O–H groups in total. The van der Waals surface area contributed by atoms with Crippen LogP contribution in [0.4, 0.5) is 0 Å². The molecule has 366 valence electrons. The second-order valence-electron chi connectivity index (χ2n) is 22.2. The largest absolute Gasteiger partial charge is 0.507 e. The van der Waals surface area contributed by atoms with Crippen LogP contribution in [0.3, 0.4) is 0 Å². The lowest BCUT2D eigenvalue weighted by atomic mass is 9.88. The Hall–Kier alpha value is -4.00. The Kier molecular flexibility index (Phi) is 20.6. The van der Waals surface area contributed by atoms with E-state index in [4.69, 9.17) is 0 Å². The van der Waals surface area contributed by atoms with Gasteiger partial charge in [0.05, 0.1) is 0 Å². The molecule has 0 fully saturated rings. The zero-order chi connectivity index (χ0) is 49.2. The van der Waals surface area contributed by atoms with Gasteiger partial charge in [0.1, 0.15) is 23.0 Å². The molecule has 0 heterocycles. The molecule has 4 aromatic rings. The summed E-state index contributed by atoms with van der Waals surface area (Å²) in [6, 6.07) is 18.3. The third kappa shape index (κ3) is 14.7. The highest BCUT2D eigenvalue weighted by molar-refractivity contribution is 5.50. The normalized spacial score (nSPS) is 12.5. The summed E-state index contributed by atoms with van der Waals surface area (Å²) >= 11 is 0. The Balaban J connectivity index is 1.60. The van der Waals surface area contributed by atoms with Crippen molar-refractivity contribution in [2.24, 2.45) is 0 Å². The van der Waals surface area contributed by atoms with Gasteiger partial charge in [-0.25, -0.2) is 0 Å². The van der Waals surface area contributed by atoms with E-state index in [0.717, 1.165) is 109 Å². The van der Waals surface area contributed by atoms with Crippen LogP contribution in [0.2, 0.25) is 0 Å². The number of aromatic hydroxyl groups is 4. The molecule has 0 aliphatic heterocycles. The highest BCUT2D eigenvalue weighted by atomic mass is 16.3. The summed E-state index contributed by atoms with van der Waals surface area (Å²) in [7, 11) is 0. The number of phenols is 4. The van der Waals surface area contributed by atoms with Gasteiger partial charge < -0.3 is 31.1 Å². The van der Waals surface area contributed by atoms with Crippen LogP contribution in [0.15, 0.2) is 48.5 Å². The molecule has 0 atom stereocenters. The molecule has 0 saturated carbocycles. The Morgan fingerprint density at radius 1 is 0.288 bits per heavy atom. The molecule has 0 unspecified atom stereocenters. The van der Waals surface area contributed by atoms with Crippen molar-refractivity contribution in [2.45, 2.75) is 222 Å². The molecular formula is C60H92N2O4. The van der Waals surface area contributed by atoms with Gasteiger partial charge in [0.15, 0.2) is 0 Å². The molecule has 4 aromatic carbocycles. The predicted molar refractivity (Wildman–Crippen MR) is 282 cm³/mol. The van der Waals surface area contributed by atoms with Crippen LogP contribution in [0.25, 0.3) is 0 Å². The Bertz CT molecular complexity index is 1740. The van der Waals surface area contributed by atoms with Crippen LogP contribution >= 0.6 is 0 Å². The standard InChI is InChI=1S/C60H92N2O4/c1-35(2)49-27-43(28-50(36(3)4)57(49)63)17-21-47(22-18-44-29-51(37(5)6)58(64)52(30-44)38(7)8)61-25-26-62-48(23-19-45-31-53(39(9)10)59(65)54(32-45)40(11)12)24-20-46-33-55(41(13)14)60(66)56(34-46)42(15)16/h27-42,47-48,61-66H,17-26H2,1-16H3. The van der Waals surface area contributed by atoms with Gasteiger partial charge in [-0.05, 0) is 165 Å². The lowest BCUT2D eigenvalue weighted by Gasteiger charge is -2.24. The van der Waals surface area contributed by atoms with E-state index in [0.29, 0.717) is 23.0 Å². The Labute approximate surface area is 402 Å². The number of phenolic OH excluding ortho intramolecular Hbond substituents is 4. The van der Waals surface area contributed by atoms with Crippen molar-refractivity contribution in [3.05, 3.63) is 115 Å². The second kappa shape index (κ2) is 24.9. The first-order chi connectivity index (χ1) is 31.0. The zero-order valence-corrected chi connectivity index (χ0v) is 44.3. The minimum atomic E-state index is 0.238. The van der Waals surface area contributed by atoms with E-state index in [1.54, 1.807) is 0 Å². The lowest BCUT2D eigenvalue weighted by molar-refractivity contribution is 0.412. The molecule has 6 heteroatoms. The highest BCUT2D eigenvalue weighted by Gasteiger charge is 2.21. The quantitative estimate of drug-likeness (QED) is 0.0370. The first-order valence-corrected chi connectivity index (χ1v) is 25.9. The van der Waals surface area contributed by atoms with E-state index < -0.39 is 0 Å². The average molecular weight is 905 g/mol. The van der Waals surface area contributed by atoms with E-state index in [1.807, 2.05) is 0 Å². The van der Waals surface area contributed by atoms with Gasteiger partial charge in [0.2, 0.25) is 0 Å². The maximum Gasteiger partial charge on any atom is 0.122 e. The maximum atomic E-state index is 11.2. The summed E-state index contributed by atoms with van der Waals surface area (Å²) < 4.78 is 0. The van der Waals surface area contributed by atoms with E-state index in [2.05, 4.69) is 170 Å². The van der Waals surface area contributed by atoms with Gasteiger partial charge in [-0.2, -0.15) is 0 Å². The summed E-state index contributed by atoms with van der Waals surface area (Å²) in [4.78, 5) is 0. The number of benzene rings is 4. The van der Waals surface area contributed by atoms with Crippen molar-refractivity contribution < 1.29 is 20.4 Å². The second-order valence-corrected chi connectivity index (χ2v) is 22.2. The van der Waals surface area contributed by atoms with Gasteiger partial charge >= 0.3 is 0 Å². The molecule has 6 nitrogen and oxygen atoms in total. The smallest absolute Gasteiger partial charge is 0.122 e. The first-order valence-electron chi connectivity index (χ1n) is 25.9. The number of nitrogens with one attached hydrogen (secondary N) is 2. The number of rotatable bonds is 25. The van der Waals surface area contributed by atoms with Gasteiger partial charge in [0.25, 0.3) is 0 Å². The van der Waals surface area contributed by atoms with Gasteiger partial charge in [-0.3, -0.25) is 0 Å². The number of aryl methyl sites for hydroxylation is 4. The molecule has 0 aromatic heterocycles. The fraction of sp³-hybridized carbons (Fsp3) is 0.600. The molecule has 0 bridgehead atoms. The third-order valence-electron chi connectivity index (χ3n) is 14.0. The topological polar surface area (TPSA) is 105 Å². The first kappa shape index (κ1) is 54.6. The van der Waals surface area contributed by atoms with Crippen molar-refractivity contribution in [1.82, 2.24) is 10.6 Å². The van der Waals surface area contributed by atoms with E-state index in [-0.39, 0.29) is 59.4 Å². The number of hydrogen-bond donors (Lipinski definition) is 6. The summed E-state index contributed by atoms with van der Waals surface area (Å²) in [5.74, 6) is 3.70. The number of hydrogen-bond acceptors (Lipinski definition) is 6. The van der Waals surface area contributed by atoms with E-state index >= 15 is 0 Å². The summed E-state index contributed by atoms with van der Waals surface area (Å²) in [5, 5.41) is 52.7. The van der Waals surface area contributed by atoms with Crippen LogP contribution in [0.1, 0.15) is 251 Å². The molecule has 0 aliphatic carbocycles. The maximum absolute atomic E-state index is 11.2. The summed E-state index contributed by atoms with van der Waals surface area (Å²) in [5.41, 5.74) is 13.4. The van der Waals surface area contributed by atoms with Crippen LogP contribution in [-0.4, -0.2) is 45.6 Å². The lowest BCUT2D eigenvalue weighted by Crippen LogP contribution is -2.39. The van der Waals surface area contributed by atoms with Crippen LogP contribution in [0.5, 0.6) is 23.0 Å². The molecule has 0 aliphatic rings. The minimum absolute atomic E-state index is 0.238. The van der Waals surface area contributed by atoms with Gasteiger partial charge in [0, 0.05) is 25.2 Å². The molecule has 66 heavy (non-hydrogen) atoms. The van der Waals surface area contributed by atoms with Crippen LogP contribution < -0.4 is 10.6 Å². The fourth-order valence-corrected chi connectivity index (χ4v) is 9.69. The van der Waals surface area contributed by atoms with Crippen LogP contribution in [0, 0.1) is 0 Å². The third-order valence-corrected chi connectivity index (χ3v) is 14.0.